The van der Waals surface area contributed by atoms with Crippen LogP contribution in [-0.4, -0.2) is 36.0 Å². The van der Waals surface area contributed by atoms with Crippen LogP contribution in [0.15, 0.2) is 54.1 Å². The van der Waals surface area contributed by atoms with E-state index >= 15 is 0 Å². The third-order valence-electron chi connectivity index (χ3n) is 5.91. The average Bonchev–Trinajstić information content (AvgIpc) is 3.03. The van der Waals surface area contributed by atoms with Crippen molar-refractivity contribution in [2.75, 3.05) is 20.2 Å². The average molecular weight is 377 g/mol. The van der Waals surface area contributed by atoms with Crippen molar-refractivity contribution in [3.05, 3.63) is 76.4 Å². The highest BCUT2D eigenvalue weighted by molar-refractivity contribution is 6.13. The first-order valence-electron chi connectivity index (χ1n) is 10.00. The Bertz CT molecular complexity index is 880. The predicted octanol–water partition coefficient (Wildman–Crippen LogP) is 3.76. The molecule has 1 heterocycles. The summed E-state index contributed by atoms with van der Waals surface area (Å²) in [6.07, 6.45) is 5.04. The molecule has 4 heteroatoms. The maximum absolute atomic E-state index is 12.8. The normalized spacial score (nSPS) is 19.2. The molecule has 0 aromatic heterocycles. The maximum Gasteiger partial charge on any atom is 0.189 e. The molecule has 0 radical (unpaired) electrons. The number of Topliss-reactive ketones (excluding diaryl/α,β-unsaturated/α-hetero) is 1. The Hall–Kier alpha value is -2.43. The fourth-order valence-electron chi connectivity index (χ4n) is 4.34. The topological polar surface area (TPSA) is 49.8 Å². The van der Waals surface area contributed by atoms with Gasteiger partial charge in [0.15, 0.2) is 5.78 Å². The van der Waals surface area contributed by atoms with Crippen LogP contribution in [0.5, 0.6) is 5.75 Å². The number of aliphatic hydroxyl groups is 1. The molecule has 0 spiro atoms. The molecule has 4 rings (SSSR count). The molecular weight excluding hydrogens is 350 g/mol. The number of allylic oxidation sites excluding steroid dienone is 2. The number of ketones is 1. The van der Waals surface area contributed by atoms with Gasteiger partial charge in [0.2, 0.25) is 0 Å². The first-order chi connectivity index (χ1) is 13.7. The second kappa shape index (κ2) is 8.29. The summed E-state index contributed by atoms with van der Waals surface area (Å²) >= 11 is 0. The number of methoxy groups -OCH3 is 1. The summed E-state index contributed by atoms with van der Waals surface area (Å²) in [4.78, 5) is 15.3. The number of likely N-dealkylation sites (tertiary alicyclic amines) is 1. The molecule has 2 aliphatic rings. The van der Waals surface area contributed by atoms with Crippen molar-refractivity contribution in [2.45, 2.75) is 32.4 Å². The van der Waals surface area contributed by atoms with Gasteiger partial charge in [0, 0.05) is 29.7 Å². The second-order valence-corrected chi connectivity index (χ2v) is 7.78. The number of carbonyl (C=O) groups excluding carboxylic acids is 1. The van der Waals surface area contributed by atoms with Crippen LogP contribution in [0.2, 0.25) is 0 Å². The number of hydrogen-bond acceptors (Lipinski definition) is 4. The zero-order valence-corrected chi connectivity index (χ0v) is 16.4. The molecule has 0 unspecified atom stereocenters. The Kier molecular flexibility index (Phi) is 5.60. The van der Waals surface area contributed by atoms with Crippen molar-refractivity contribution in [1.29, 1.82) is 0 Å². The smallest absolute Gasteiger partial charge is 0.189 e. The number of fused-ring (bicyclic) bond motifs is 1. The third kappa shape index (κ3) is 3.89. The summed E-state index contributed by atoms with van der Waals surface area (Å²) in [7, 11) is 1.57. The Morgan fingerprint density at radius 3 is 2.61 bits per heavy atom. The number of hydrogen-bond donors (Lipinski definition) is 1. The van der Waals surface area contributed by atoms with Gasteiger partial charge in [-0.1, -0.05) is 36.4 Å². The minimum atomic E-state index is -0.0798. The molecule has 0 saturated carbocycles. The van der Waals surface area contributed by atoms with Crippen LogP contribution >= 0.6 is 0 Å². The summed E-state index contributed by atoms with van der Waals surface area (Å²) in [5.41, 5.74) is 4.72. The van der Waals surface area contributed by atoms with Gasteiger partial charge >= 0.3 is 0 Å². The molecule has 1 N–H and O–H groups in total. The van der Waals surface area contributed by atoms with Crippen molar-refractivity contribution >= 4 is 5.78 Å². The van der Waals surface area contributed by atoms with Crippen molar-refractivity contribution in [3.63, 3.8) is 0 Å². The maximum atomic E-state index is 12.8. The zero-order chi connectivity index (χ0) is 19.5. The molecule has 2 aromatic rings. The summed E-state index contributed by atoms with van der Waals surface area (Å²) in [6, 6.07) is 14.3. The van der Waals surface area contributed by atoms with E-state index in [9.17, 15) is 9.90 Å². The lowest BCUT2D eigenvalue weighted by Crippen LogP contribution is -2.32. The van der Waals surface area contributed by atoms with Crippen LogP contribution in [0, 0.1) is 5.92 Å². The fourth-order valence-corrected chi connectivity index (χ4v) is 4.34. The summed E-state index contributed by atoms with van der Waals surface area (Å²) in [5.74, 6) is 1.16. The Morgan fingerprint density at radius 1 is 1.18 bits per heavy atom. The van der Waals surface area contributed by atoms with Gasteiger partial charge in [-0.3, -0.25) is 9.69 Å². The van der Waals surface area contributed by atoms with Gasteiger partial charge < -0.3 is 9.84 Å². The predicted molar refractivity (Wildman–Crippen MR) is 109 cm³/mol. The van der Waals surface area contributed by atoms with Crippen molar-refractivity contribution in [1.82, 2.24) is 4.90 Å². The molecule has 1 aliphatic carbocycles. The van der Waals surface area contributed by atoms with Crippen LogP contribution in [0.1, 0.15) is 39.9 Å². The van der Waals surface area contributed by atoms with E-state index in [0.717, 1.165) is 54.7 Å². The SMILES string of the molecule is COc1cc2c(cc1CO)C/C(=C\C1CCN(Cc3ccccc3)CC1)C2=O. The van der Waals surface area contributed by atoms with Crippen molar-refractivity contribution in [3.8, 4) is 5.75 Å². The van der Waals surface area contributed by atoms with Gasteiger partial charge in [-0.05, 0) is 55.1 Å². The van der Waals surface area contributed by atoms with E-state index in [-0.39, 0.29) is 12.4 Å². The second-order valence-electron chi connectivity index (χ2n) is 7.78. The molecule has 4 nitrogen and oxygen atoms in total. The number of carbonyl (C=O) groups is 1. The number of aliphatic hydroxyl groups excluding tert-OH is 1. The highest BCUT2D eigenvalue weighted by Crippen LogP contribution is 2.34. The molecule has 1 fully saturated rings. The van der Waals surface area contributed by atoms with Gasteiger partial charge in [-0.25, -0.2) is 0 Å². The molecule has 0 amide bonds. The van der Waals surface area contributed by atoms with E-state index in [1.165, 1.54) is 5.56 Å². The van der Waals surface area contributed by atoms with Crippen LogP contribution in [0.3, 0.4) is 0 Å². The fraction of sp³-hybridized carbons (Fsp3) is 0.375. The first-order valence-corrected chi connectivity index (χ1v) is 10.00. The third-order valence-corrected chi connectivity index (χ3v) is 5.91. The van der Waals surface area contributed by atoms with Gasteiger partial charge in [-0.15, -0.1) is 0 Å². The largest absolute Gasteiger partial charge is 0.496 e. The van der Waals surface area contributed by atoms with E-state index in [4.69, 9.17) is 4.74 Å². The van der Waals surface area contributed by atoms with Crippen LogP contribution < -0.4 is 4.74 Å². The molecular formula is C24H27NO3. The van der Waals surface area contributed by atoms with Crippen molar-refractivity contribution in [2.24, 2.45) is 5.92 Å². The van der Waals surface area contributed by atoms with Crippen LogP contribution in [0.25, 0.3) is 0 Å². The highest BCUT2D eigenvalue weighted by Gasteiger charge is 2.28. The molecule has 0 atom stereocenters. The summed E-state index contributed by atoms with van der Waals surface area (Å²) < 4.78 is 5.32. The van der Waals surface area contributed by atoms with Crippen LogP contribution in [0.4, 0.5) is 0 Å². The Balaban J connectivity index is 1.41. The molecule has 28 heavy (non-hydrogen) atoms. The monoisotopic (exact) mass is 377 g/mol. The highest BCUT2D eigenvalue weighted by atomic mass is 16.5. The van der Waals surface area contributed by atoms with Gasteiger partial charge in [0.25, 0.3) is 0 Å². The van der Waals surface area contributed by atoms with E-state index < -0.39 is 0 Å². The lowest BCUT2D eigenvalue weighted by molar-refractivity contribution is 0.103. The van der Waals surface area contributed by atoms with Crippen LogP contribution in [-0.2, 0) is 19.6 Å². The number of piperidine rings is 1. The Labute approximate surface area is 166 Å². The van der Waals surface area contributed by atoms with E-state index in [2.05, 4.69) is 41.3 Å². The molecule has 2 aromatic carbocycles. The van der Waals surface area contributed by atoms with Gasteiger partial charge in [0.1, 0.15) is 5.75 Å². The van der Waals surface area contributed by atoms with E-state index in [0.29, 0.717) is 18.1 Å². The molecule has 0 bridgehead atoms. The minimum absolute atomic E-state index is 0.0798. The molecule has 1 aliphatic heterocycles. The lowest BCUT2D eigenvalue weighted by atomic mass is 9.93. The number of ether oxygens (including phenoxy) is 1. The summed E-state index contributed by atoms with van der Waals surface area (Å²) in [5, 5.41) is 9.52. The van der Waals surface area contributed by atoms with Crippen molar-refractivity contribution < 1.29 is 14.6 Å². The molecule has 146 valence electrons. The quantitative estimate of drug-likeness (QED) is 0.806. The zero-order valence-electron chi connectivity index (χ0n) is 16.4. The lowest BCUT2D eigenvalue weighted by Gasteiger charge is -2.30. The van der Waals surface area contributed by atoms with E-state index in [1.807, 2.05) is 6.07 Å². The standard InChI is InChI=1S/C24H27NO3/c1-28-23-14-22-19(13-21(23)16-26)12-20(24(22)27)11-17-7-9-25(10-8-17)15-18-5-3-2-4-6-18/h2-6,11,13-14,17,26H,7-10,12,15-16H2,1H3/b20-11+. The van der Waals surface area contributed by atoms with Gasteiger partial charge in [-0.2, -0.15) is 0 Å². The van der Waals surface area contributed by atoms with E-state index in [1.54, 1.807) is 13.2 Å². The number of benzene rings is 2. The Morgan fingerprint density at radius 2 is 1.93 bits per heavy atom. The van der Waals surface area contributed by atoms with Gasteiger partial charge in [0.05, 0.1) is 13.7 Å². The number of nitrogens with zero attached hydrogens (tertiary/aromatic N) is 1. The minimum Gasteiger partial charge on any atom is -0.496 e. The number of rotatable bonds is 5. The first kappa shape index (κ1) is 18.9. The summed E-state index contributed by atoms with van der Waals surface area (Å²) in [6.45, 7) is 3.04. The molecule has 1 saturated heterocycles.